The van der Waals surface area contributed by atoms with E-state index in [1.807, 2.05) is 0 Å². The van der Waals surface area contributed by atoms with Gasteiger partial charge in [-0.25, -0.2) is 4.79 Å². The van der Waals surface area contributed by atoms with Crippen LogP contribution in [0.3, 0.4) is 0 Å². The lowest BCUT2D eigenvalue weighted by Crippen LogP contribution is -2.32. The molecule has 2 atom stereocenters. The van der Waals surface area contributed by atoms with E-state index in [2.05, 4.69) is 21.2 Å². The molecule has 0 unspecified atom stereocenters. The highest BCUT2D eigenvalue weighted by Gasteiger charge is 2.34. The monoisotopic (exact) mass is 640 g/mol. The number of nitrogens with zero attached hydrogens (tertiary/aromatic N) is 1. The number of para-hydroxylation sites is 1. The Hall–Kier alpha value is -4.05. The molecule has 0 fully saturated rings. The Morgan fingerprint density at radius 3 is 2.25 bits per heavy atom. The molecule has 0 saturated heterocycles. The first-order valence-electron chi connectivity index (χ1n) is 11.7. The quantitative estimate of drug-likeness (QED) is 0.0658. The lowest BCUT2D eigenvalue weighted by atomic mass is 9.99. The van der Waals surface area contributed by atoms with E-state index in [1.54, 1.807) is 48.5 Å². The molecule has 4 aromatic carbocycles. The normalized spacial score (nSPS) is 12.2. The summed E-state index contributed by atoms with van der Waals surface area (Å²) in [6.45, 7) is 0. The number of halogens is 3. The fraction of sp³-hybridized carbons (Fsp3) is 0.0690. The van der Waals surface area contributed by atoms with E-state index < -0.39 is 33.5 Å². The van der Waals surface area contributed by atoms with Crippen LogP contribution in [0.4, 0.5) is 11.4 Å². The molecule has 202 valence electrons. The Bertz CT molecular complexity index is 1600. The van der Waals surface area contributed by atoms with Gasteiger partial charge in [0.2, 0.25) is 5.78 Å². The van der Waals surface area contributed by atoms with Gasteiger partial charge in [0.25, 0.3) is 11.6 Å². The zero-order valence-electron chi connectivity index (χ0n) is 20.4. The lowest BCUT2D eigenvalue weighted by Gasteiger charge is -2.23. The Labute approximate surface area is 247 Å². The van der Waals surface area contributed by atoms with E-state index in [0.717, 1.165) is 0 Å². The molecular formula is C29H19BrCl2N2O6. The SMILES string of the molecule is O=C(Nc1ccccc1C(=O)O[C@H](C(=O)c1ccccc1)[C@@H](Br)c1cccc([N+](=O)[O-])c1)c1ccc(Cl)cc1Cl. The molecule has 4 rings (SSSR count). The molecule has 0 aliphatic rings. The number of hydrogen-bond acceptors (Lipinski definition) is 6. The van der Waals surface area contributed by atoms with Crippen molar-refractivity contribution in [3.05, 3.63) is 139 Å². The van der Waals surface area contributed by atoms with E-state index in [9.17, 15) is 24.5 Å². The van der Waals surface area contributed by atoms with Gasteiger partial charge in [0.05, 0.1) is 31.6 Å². The van der Waals surface area contributed by atoms with Gasteiger partial charge in [-0.05, 0) is 35.9 Å². The Morgan fingerprint density at radius 1 is 0.850 bits per heavy atom. The smallest absolute Gasteiger partial charge is 0.341 e. The first kappa shape index (κ1) is 28.9. The summed E-state index contributed by atoms with van der Waals surface area (Å²) in [5.74, 6) is -2.02. The van der Waals surface area contributed by atoms with Gasteiger partial charge in [-0.15, -0.1) is 0 Å². The summed E-state index contributed by atoms with van der Waals surface area (Å²) in [5.41, 5.74) is 0.677. The number of amides is 1. The van der Waals surface area contributed by atoms with Crippen LogP contribution in [-0.2, 0) is 4.74 Å². The molecule has 11 heteroatoms. The van der Waals surface area contributed by atoms with Gasteiger partial charge in [-0.2, -0.15) is 0 Å². The van der Waals surface area contributed by atoms with Gasteiger partial charge in [-0.3, -0.25) is 19.7 Å². The number of nitrogens with one attached hydrogen (secondary N) is 1. The van der Waals surface area contributed by atoms with Crippen molar-refractivity contribution in [3.63, 3.8) is 0 Å². The van der Waals surface area contributed by atoms with Crippen molar-refractivity contribution in [3.8, 4) is 0 Å². The van der Waals surface area contributed by atoms with Crippen molar-refractivity contribution in [2.45, 2.75) is 10.9 Å². The number of alkyl halides is 1. The second-order valence-corrected chi connectivity index (χ2v) is 10.3. The molecule has 0 aromatic heterocycles. The molecular weight excluding hydrogens is 623 g/mol. The Morgan fingerprint density at radius 2 is 1.55 bits per heavy atom. The number of ether oxygens (including phenoxy) is 1. The molecule has 0 heterocycles. The van der Waals surface area contributed by atoms with E-state index in [1.165, 1.54) is 48.5 Å². The minimum atomic E-state index is -1.41. The van der Waals surface area contributed by atoms with E-state index in [4.69, 9.17) is 27.9 Å². The maximum absolute atomic E-state index is 13.5. The standard InChI is InChI=1S/C29H19BrCl2N2O6/c30-25(18-9-6-10-20(15-18)34(38)39)27(26(35)17-7-2-1-3-8-17)40-29(37)22-11-4-5-12-24(22)33-28(36)21-14-13-19(31)16-23(21)32/h1-16,25,27H,(H,33,36)/t25-,27-/m0/s1. The van der Waals surface area contributed by atoms with Gasteiger partial charge in [0.1, 0.15) is 0 Å². The molecule has 0 bridgehead atoms. The molecule has 0 spiro atoms. The molecule has 0 aliphatic heterocycles. The fourth-order valence-corrected chi connectivity index (χ4v) is 4.94. The summed E-state index contributed by atoms with van der Waals surface area (Å²) in [5, 5.41) is 14.4. The van der Waals surface area contributed by atoms with Crippen molar-refractivity contribution in [1.29, 1.82) is 0 Å². The van der Waals surface area contributed by atoms with Crippen molar-refractivity contribution in [2.75, 3.05) is 5.32 Å². The van der Waals surface area contributed by atoms with Crippen molar-refractivity contribution in [1.82, 2.24) is 0 Å². The second kappa shape index (κ2) is 12.9. The highest BCUT2D eigenvalue weighted by molar-refractivity contribution is 9.09. The van der Waals surface area contributed by atoms with Gasteiger partial charge < -0.3 is 10.1 Å². The highest BCUT2D eigenvalue weighted by Crippen LogP contribution is 2.34. The van der Waals surface area contributed by atoms with Crippen LogP contribution in [0.15, 0.2) is 97.1 Å². The number of ketones is 1. The zero-order valence-corrected chi connectivity index (χ0v) is 23.5. The first-order chi connectivity index (χ1) is 19.2. The lowest BCUT2D eigenvalue weighted by molar-refractivity contribution is -0.384. The molecule has 1 N–H and O–H groups in total. The van der Waals surface area contributed by atoms with Crippen LogP contribution in [0.2, 0.25) is 10.0 Å². The predicted octanol–water partition coefficient (Wildman–Crippen LogP) is 7.70. The molecule has 1 amide bonds. The number of carbonyl (C=O) groups is 3. The number of benzene rings is 4. The van der Waals surface area contributed by atoms with Crippen LogP contribution >= 0.6 is 39.1 Å². The average Bonchev–Trinajstić information content (AvgIpc) is 2.95. The number of nitro groups is 1. The fourth-order valence-electron chi connectivity index (χ4n) is 3.81. The topological polar surface area (TPSA) is 116 Å². The summed E-state index contributed by atoms with van der Waals surface area (Å²) >= 11 is 15.5. The summed E-state index contributed by atoms with van der Waals surface area (Å²) in [6.07, 6.45) is -1.41. The molecule has 0 saturated carbocycles. The van der Waals surface area contributed by atoms with E-state index in [0.29, 0.717) is 10.6 Å². The summed E-state index contributed by atoms with van der Waals surface area (Å²) in [4.78, 5) is 49.7. The number of non-ortho nitro benzene ring substituents is 1. The number of rotatable bonds is 9. The van der Waals surface area contributed by atoms with Crippen LogP contribution in [0.1, 0.15) is 41.5 Å². The highest BCUT2D eigenvalue weighted by atomic mass is 79.9. The van der Waals surface area contributed by atoms with Gasteiger partial charge in [0, 0.05) is 22.7 Å². The van der Waals surface area contributed by atoms with Gasteiger partial charge in [0.15, 0.2) is 6.10 Å². The maximum atomic E-state index is 13.5. The van der Waals surface area contributed by atoms with Crippen molar-refractivity contribution >= 4 is 68.2 Å². The molecule has 8 nitrogen and oxygen atoms in total. The van der Waals surface area contributed by atoms with Crippen molar-refractivity contribution in [2.24, 2.45) is 0 Å². The zero-order chi connectivity index (χ0) is 28.8. The number of nitro benzene ring substituents is 1. The third-order valence-corrected chi connectivity index (χ3v) is 7.34. The third-order valence-electron chi connectivity index (χ3n) is 5.79. The minimum Gasteiger partial charge on any atom is -0.449 e. The van der Waals surface area contributed by atoms with Crippen LogP contribution in [0.25, 0.3) is 0 Å². The van der Waals surface area contributed by atoms with Crippen LogP contribution in [0, 0.1) is 10.1 Å². The van der Waals surface area contributed by atoms with Gasteiger partial charge >= 0.3 is 5.97 Å². The van der Waals surface area contributed by atoms with Crippen molar-refractivity contribution < 1.29 is 24.0 Å². The molecule has 40 heavy (non-hydrogen) atoms. The van der Waals surface area contributed by atoms with Crippen LogP contribution in [0.5, 0.6) is 0 Å². The van der Waals surface area contributed by atoms with E-state index >= 15 is 0 Å². The number of esters is 1. The Balaban J connectivity index is 1.66. The second-order valence-electron chi connectivity index (χ2n) is 8.43. The molecule has 4 aromatic rings. The summed E-state index contributed by atoms with van der Waals surface area (Å²) in [7, 11) is 0. The average molecular weight is 642 g/mol. The minimum absolute atomic E-state index is 0.0226. The number of Topliss-reactive ketones (excluding diaryl/α,β-unsaturated/α-hetero) is 1. The molecule has 0 aliphatic carbocycles. The predicted molar refractivity (Wildman–Crippen MR) is 156 cm³/mol. The summed E-state index contributed by atoms with van der Waals surface area (Å²) in [6, 6.07) is 24.3. The number of anilines is 1. The largest absolute Gasteiger partial charge is 0.449 e. The summed E-state index contributed by atoms with van der Waals surface area (Å²) < 4.78 is 5.74. The first-order valence-corrected chi connectivity index (χ1v) is 13.4. The molecule has 0 radical (unpaired) electrons. The van der Waals surface area contributed by atoms with Crippen LogP contribution in [-0.4, -0.2) is 28.7 Å². The van der Waals surface area contributed by atoms with E-state index in [-0.39, 0.29) is 33.1 Å². The van der Waals surface area contributed by atoms with Crippen LogP contribution < -0.4 is 5.32 Å². The number of carbonyl (C=O) groups excluding carboxylic acids is 3. The number of hydrogen-bond donors (Lipinski definition) is 1. The Kier molecular flexibility index (Phi) is 9.31. The van der Waals surface area contributed by atoms with Gasteiger partial charge in [-0.1, -0.05) is 93.7 Å². The maximum Gasteiger partial charge on any atom is 0.341 e. The third kappa shape index (κ3) is 6.74.